The fourth-order valence-corrected chi connectivity index (χ4v) is 6.79. The predicted molar refractivity (Wildman–Crippen MR) is 163 cm³/mol. The molecule has 2 aliphatic carbocycles. The summed E-state index contributed by atoms with van der Waals surface area (Å²) in [6.07, 6.45) is 5.10. The molecule has 0 saturated heterocycles. The smallest absolute Gasteiger partial charge is 0.310 e. The Labute approximate surface area is 249 Å². The number of ether oxygens (including phenoxy) is 2. The molecule has 222 valence electrons. The van der Waals surface area contributed by atoms with Gasteiger partial charge in [-0.15, -0.1) is 5.10 Å². The molecule has 3 aromatic rings. The van der Waals surface area contributed by atoms with E-state index in [1.807, 2.05) is 42.5 Å². The van der Waals surface area contributed by atoms with Crippen molar-refractivity contribution >= 4 is 19.8 Å². The number of fused-ring (bicyclic) bond motifs is 1. The summed E-state index contributed by atoms with van der Waals surface area (Å²) in [7, 11) is -1.39. The average Bonchev–Trinajstić information content (AvgIpc) is 3.41. The number of ketones is 1. The second-order valence-corrected chi connectivity index (χ2v) is 18.5. The van der Waals surface area contributed by atoms with Crippen LogP contribution in [0.5, 0.6) is 5.75 Å². The van der Waals surface area contributed by atoms with Crippen molar-refractivity contribution in [1.29, 1.82) is 5.41 Å². The van der Waals surface area contributed by atoms with Crippen LogP contribution in [0.4, 0.5) is 0 Å². The molecule has 0 unspecified atom stereocenters. The summed E-state index contributed by atoms with van der Waals surface area (Å²) in [5, 5.41) is 17.6. The predicted octanol–water partition coefficient (Wildman–Crippen LogP) is 5.62. The van der Waals surface area contributed by atoms with Crippen LogP contribution in [0.1, 0.15) is 52.9 Å². The van der Waals surface area contributed by atoms with E-state index in [-0.39, 0.29) is 17.7 Å². The highest BCUT2D eigenvalue weighted by molar-refractivity contribution is 6.76. The number of Topliss-reactive ketones (excluding diaryl/α,β-unsaturated/α-hetero) is 1. The lowest BCUT2D eigenvalue weighted by Gasteiger charge is -2.25. The van der Waals surface area contributed by atoms with Crippen LogP contribution in [0.2, 0.25) is 25.7 Å². The second-order valence-electron chi connectivity index (χ2n) is 12.9. The molecule has 1 aromatic heterocycles. The fourth-order valence-electron chi connectivity index (χ4n) is 6.07. The molecule has 0 radical (unpaired) electrons. The van der Waals surface area contributed by atoms with Crippen LogP contribution in [0, 0.1) is 23.2 Å². The number of aryl methyl sites for hydroxylation is 1. The van der Waals surface area contributed by atoms with Crippen LogP contribution < -0.4 is 10.2 Å². The Bertz CT molecular complexity index is 1450. The van der Waals surface area contributed by atoms with E-state index in [0.29, 0.717) is 49.4 Å². The molecular weight excluding hydrogens is 544 g/mol. The summed E-state index contributed by atoms with van der Waals surface area (Å²) in [6.45, 7) is 7.95. The first-order chi connectivity index (χ1) is 20.2. The molecule has 8 nitrogen and oxygen atoms in total. The van der Waals surface area contributed by atoms with Gasteiger partial charge in [-0.1, -0.05) is 55.2 Å². The first kappa shape index (κ1) is 29.9. The summed E-state index contributed by atoms with van der Waals surface area (Å²) >= 11 is 0. The zero-order valence-electron chi connectivity index (χ0n) is 25.0. The van der Waals surface area contributed by atoms with Crippen molar-refractivity contribution in [2.75, 3.05) is 6.61 Å². The Kier molecular flexibility index (Phi) is 9.36. The molecule has 2 aromatic carbocycles. The molecule has 2 aliphatic rings. The van der Waals surface area contributed by atoms with E-state index in [1.54, 1.807) is 16.8 Å². The van der Waals surface area contributed by atoms with E-state index < -0.39 is 19.9 Å². The van der Waals surface area contributed by atoms with Gasteiger partial charge in [0.05, 0.1) is 18.2 Å². The fraction of sp³-hybridized carbons (Fsp3) is 0.485. The van der Waals surface area contributed by atoms with Crippen molar-refractivity contribution in [2.24, 2.45) is 17.8 Å². The van der Waals surface area contributed by atoms with Crippen LogP contribution in [0.25, 0.3) is 0 Å². The summed E-state index contributed by atoms with van der Waals surface area (Å²) in [4.78, 5) is 27.4. The van der Waals surface area contributed by atoms with Crippen molar-refractivity contribution in [3.63, 3.8) is 0 Å². The normalized spacial score (nSPS) is 20.1. The third-order valence-electron chi connectivity index (χ3n) is 8.55. The average molecular weight is 587 g/mol. The maximum atomic E-state index is 13.8. The molecule has 0 spiro atoms. The monoisotopic (exact) mass is 586 g/mol. The van der Waals surface area contributed by atoms with Crippen molar-refractivity contribution in [2.45, 2.75) is 77.4 Å². The van der Waals surface area contributed by atoms with Gasteiger partial charge in [0.1, 0.15) is 17.8 Å². The van der Waals surface area contributed by atoms with Gasteiger partial charge in [-0.2, -0.15) is 0 Å². The third kappa shape index (κ3) is 7.24. The first-order valence-electron chi connectivity index (χ1n) is 15.2. The van der Waals surface area contributed by atoms with Gasteiger partial charge in [-0.3, -0.25) is 15.0 Å². The Balaban J connectivity index is 1.32. The summed E-state index contributed by atoms with van der Waals surface area (Å²) in [5.74, 6) is -0.894. The van der Waals surface area contributed by atoms with Gasteiger partial charge in [-0.05, 0) is 80.3 Å². The molecule has 1 saturated carbocycles. The van der Waals surface area contributed by atoms with Crippen LogP contribution in [0.3, 0.4) is 0 Å². The summed E-state index contributed by atoms with van der Waals surface area (Å²) in [6, 6.07) is 18.0. The summed E-state index contributed by atoms with van der Waals surface area (Å²) < 4.78 is 13.4. The SMILES string of the molecule is C[Si](C)(C)CCOC(=O)[C@H]1[C@H](Cn2nnc3c(c2=N)CCCC3)CC[C@@H]1C(=O)c1ccc(OCc2ccccc2)cc1. The number of aromatic nitrogens is 3. The second kappa shape index (κ2) is 13.1. The number of hydrogen-bond donors (Lipinski definition) is 1. The van der Waals surface area contributed by atoms with Gasteiger partial charge in [0.2, 0.25) is 0 Å². The molecule has 1 heterocycles. The van der Waals surface area contributed by atoms with Crippen molar-refractivity contribution in [1.82, 2.24) is 15.0 Å². The van der Waals surface area contributed by atoms with Crippen molar-refractivity contribution in [3.05, 3.63) is 82.5 Å². The van der Waals surface area contributed by atoms with Crippen molar-refractivity contribution < 1.29 is 19.1 Å². The first-order valence-corrected chi connectivity index (χ1v) is 18.9. The number of hydrogen-bond acceptors (Lipinski definition) is 7. The van der Waals surface area contributed by atoms with E-state index in [2.05, 4.69) is 30.0 Å². The quantitative estimate of drug-likeness (QED) is 0.178. The molecule has 5 rings (SSSR count). The number of carbonyl (C=O) groups is 2. The van der Waals surface area contributed by atoms with Crippen LogP contribution >= 0.6 is 0 Å². The minimum atomic E-state index is -1.39. The maximum absolute atomic E-state index is 13.8. The number of carbonyl (C=O) groups excluding carboxylic acids is 2. The number of nitrogens with zero attached hydrogens (tertiary/aromatic N) is 3. The zero-order chi connectivity index (χ0) is 29.7. The molecule has 0 amide bonds. The maximum Gasteiger partial charge on any atom is 0.310 e. The number of nitrogens with one attached hydrogen (secondary N) is 1. The van der Waals surface area contributed by atoms with Crippen LogP contribution in [-0.4, -0.2) is 41.4 Å². The van der Waals surface area contributed by atoms with Gasteiger partial charge in [0.15, 0.2) is 5.78 Å². The van der Waals surface area contributed by atoms with E-state index in [9.17, 15) is 9.59 Å². The summed E-state index contributed by atoms with van der Waals surface area (Å²) in [5.41, 5.74) is 3.90. The molecule has 42 heavy (non-hydrogen) atoms. The number of rotatable bonds is 11. The standard InChI is InChI=1S/C33H42N4O4Si/c1-42(2,3)20-19-40-33(39)30-25(21-37-32(34)27-11-7-8-12-29(27)35-36-37)15-18-28(30)31(38)24-13-16-26(17-14-24)41-22-23-9-5-4-6-10-23/h4-6,9-10,13-14,16-17,25,28,30,34H,7-8,11-12,15,18-22H2,1-3H3/t25-,28-,30-/m0/s1. The lowest BCUT2D eigenvalue weighted by Crippen LogP contribution is -2.37. The highest BCUT2D eigenvalue weighted by Gasteiger charge is 2.46. The molecule has 3 atom stereocenters. The lowest BCUT2D eigenvalue weighted by atomic mass is 9.84. The number of esters is 1. The highest BCUT2D eigenvalue weighted by Crippen LogP contribution is 2.41. The minimum absolute atomic E-state index is 0.0492. The largest absolute Gasteiger partial charge is 0.489 e. The molecule has 1 N–H and O–H groups in total. The Hall–Kier alpha value is -3.59. The Morgan fingerprint density at radius 2 is 1.74 bits per heavy atom. The van der Waals surface area contributed by atoms with E-state index in [0.717, 1.165) is 48.5 Å². The van der Waals surface area contributed by atoms with Crippen LogP contribution in [0.15, 0.2) is 54.6 Å². The Morgan fingerprint density at radius 1 is 1.00 bits per heavy atom. The highest BCUT2D eigenvalue weighted by atomic mass is 28.3. The van der Waals surface area contributed by atoms with Gasteiger partial charge in [0.25, 0.3) is 0 Å². The molecule has 0 aliphatic heterocycles. The third-order valence-corrected chi connectivity index (χ3v) is 10.2. The van der Waals surface area contributed by atoms with E-state index in [1.165, 1.54) is 0 Å². The van der Waals surface area contributed by atoms with Gasteiger partial charge >= 0.3 is 5.97 Å². The minimum Gasteiger partial charge on any atom is -0.489 e. The molecule has 1 fully saturated rings. The molecule has 0 bridgehead atoms. The van der Waals surface area contributed by atoms with E-state index >= 15 is 0 Å². The van der Waals surface area contributed by atoms with E-state index in [4.69, 9.17) is 14.9 Å². The topological polar surface area (TPSA) is 107 Å². The molecule has 9 heteroatoms. The van der Waals surface area contributed by atoms with Crippen molar-refractivity contribution in [3.8, 4) is 5.75 Å². The number of benzene rings is 2. The van der Waals surface area contributed by atoms with Gasteiger partial charge < -0.3 is 9.47 Å². The molecular formula is C33H42N4O4Si. The van der Waals surface area contributed by atoms with Gasteiger partial charge in [0, 0.05) is 31.7 Å². The van der Waals surface area contributed by atoms with Gasteiger partial charge in [-0.25, -0.2) is 4.68 Å². The lowest BCUT2D eigenvalue weighted by molar-refractivity contribution is -0.150. The zero-order valence-corrected chi connectivity index (χ0v) is 26.0. The van der Waals surface area contributed by atoms with Crippen LogP contribution in [-0.2, 0) is 35.5 Å². The Morgan fingerprint density at radius 3 is 2.48 bits per heavy atom.